The number of benzene rings is 2. The Kier molecular flexibility index (Phi) is 4.65. The van der Waals surface area contributed by atoms with Crippen molar-refractivity contribution in [2.75, 3.05) is 10.2 Å². The fraction of sp³-hybridized carbons (Fsp3) is 0.0909. The van der Waals surface area contributed by atoms with E-state index in [2.05, 4.69) is 10.3 Å². The summed E-state index contributed by atoms with van der Waals surface area (Å²) >= 11 is 3.02. The molecular formula is C22H15N3O3S2. The van der Waals surface area contributed by atoms with Crippen molar-refractivity contribution in [2.24, 2.45) is 0 Å². The molecule has 148 valence electrons. The minimum absolute atomic E-state index is 0.212. The summed E-state index contributed by atoms with van der Waals surface area (Å²) in [5.74, 6) is -0.682. The first-order valence-electron chi connectivity index (χ1n) is 9.31. The number of anilines is 2. The molecule has 0 radical (unpaired) electrons. The molecule has 0 bridgehead atoms. The van der Waals surface area contributed by atoms with E-state index in [1.54, 1.807) is 35.6 Å². The van der Waals surface area contributed by atoms with Gasteiger partial charge in [-0.3, -0.25) is 19.3 Å². The van der Waals surface area contributed by atoms with Crippen LogP contribution in [0.1, 0.15) is 23.2 Å². The Morgan fingerprint density at radius 1 is 0.967 bits per heavy atom. The quantitative estimate of drug-likeness (QED) is 0.463. The summed E-state index contributed by atoms with van der Waals surface area (Å²) in [5.41, 5.74) is 2.76. The number of carbonyl (C=O) groups excluding carboxylic acids is 3. The van der Waals surface area contributed by atoms with Crippen molar-refractivity contribution < 1.29 is 14.4 Å². The van der Waals surface area contributed by atoms with Gasteiger partial charge in [0.2, 0.25) is 11.8 Å². The molecule has 0 saturated carbocycles. The van der Waals surface area contributed by atoms with Crippen molar-refractivity contribution in [3.63, 3.8) is 0 Å². The van der Waals surface area contributed by atoms with Crippen LogP contribution in [0.15, 0.2) is 60.0 Å². The highest BCUT2D eigenvalue weighted by Gasteiger charge is 2.30. The molecule has 0 aliphatic carbocycles. The average molecular weight is 434 g/mol. The maximum atomic E-state index is 12.8. The fourth-order valence-corrected chi connectivity index (χ4v) is 5.21. The van der Waals surface area contributed by atoms with Crippen LogP contribution in [0.25, 0.3) is 20.8 Å². The van der Waals surface area contributed by atoms with Gasteiger partial charge in [0.05, 0.1) is 15.9 Å². The molecule has 30 heavy (non-hydrogen) atoms. The van der Waals surface area contributed by atoms with Gasteiger partial charge in [-0.1, -0.05) is 12.1 Å². The molecule has 1 saturated heterocycles. The molecule has 0 unspecified atom stereocenters. The summed E-state index contributed by atoms with van der Waals surface area (Å²) < 4.78 is 1.09. The minimum atomic E-state index is -0.259. The molecule has 6 nitrogen and oxygen atoms in total. The van der Waals surface area contributed by atoms with Gasteiger partial charge in [0.15, 0.2) is 0 Å². The summed E-state index contributed by atoms with van der Waals surface area (Å²) in [6.45, 7) is 0. The molecule has 4 aromatic rings. The van der Waals surface area contributed by atoms with Crippen LogP contribution in [-0.4, -0.2) is 22.7 Å². The molecule has 1 N–H and O–H groups in total. The molecule has 2 aromatic carbocycles. The topological polar surface area (TPSA) is 79.4 Å². The number of para-hydroxylation sites is 1. The second-order valence-electron chi connectivity index (χ2n) is 6.77. The lowest BCUT2D eigenvalue weighted by atomic mass is 10.2. The second kappa shape index (κ2) is 7.47. The van der Waals surface area contributed by atoms with E-state index in [1.807, 2.05) is 35.7 Å². The molecule has 1 aliphatic heterocycles. The van der Waals surface area contributed by atoms with Crippen LogP contribution in [0.4, 0.5) is 10.7 Å². The van der Waals surface area contributed by atoms with E-state index in [0.29, 0.717) is 11.3 Å². The maximum Gasteiger partial charge on any atom is 0.256 e. The smallest absolute Gasteiger partial charge is 0.256 e. The molecule has 3 amide bonds. The molecular weight excluding hydrogens is 418 g/mol. The third-order valence-electron chi connectivity index (χ3n) is 4.86. The molecule has 0 atom stereocenters. The Labute approximate surface area is 179 Å². The van der Waals surface area contributed by atoms with Gasteiger partial charge in [-0.15, -0.1) is 22.7 Å². The molecule has 1 fully saturated rings. The highest BCUT2D eigenvalue weighted by molar-refractivity contribution is 7.22. The Hall–Kier alpha value is -3.36. The number of nitrogens with zero attached hydrogens (tertiary/aromatic N) is 2. The highest BCUT2D eigenvalue weighted by atomic mass is 32.1. The number of thiophene rings is 1. The lowest BCUT2D eigenvalue weighted by Gasteiger charge is -2.14. The second-order valence-corrected chi connectivity index (χ2v) is 8.72. The van der Waals surface area contributed by atoms with Gasteiger partial charge in [-0.2, -0.15) is 0 Å². The fourth-order valence-electron chi connectivity index (χ4n) is 3.36. The van der Waals surface area contributed by atoms with Crippen molar-refractivity contribution in [2.45, 2.75) is 12.8 Å². The number of thiazole rings is 1. The Balaban J connectivity index is 1.37. The first-order chi connectivity index (χ1) is 14.6. The molecule has 8 heteroatoms. The average Bonchev–Trinajstić information content (AvgIpc) is 3.46. The number of rotatable bonds is 4. The van der Waals surface area contributed by atoms with Crippen molar-refractivity contribution in [1.82, 2.24) is 4.98 Å². The van der Waals surface area contributed by atoms with Gasteiger partial charge in [0.25, 0.3) is 5.91 Å². The number of hydrogen-bond acceptors (Lipinski definition) is 6. The molecule has 0 spiro atoms. The van der Waals surface area contributed by atoms with E-state index in [4.69, 9.17) is 0 Å². The molecule has 5 rings (SSSR count). The lowest BCUT2D eigenvalue weighted by Crippen LogP contribution is -2.28. The number of nitrogens with one attached hydrogen (secondary N) is 1. The first kappa shape index (κ1) is 18.7. The zero-order chi connectivity index (χ0) is 20.7. The van der Waals surface area contributed by atoms with E-state index in [0.717, 1.165) is 25.8 Å². The Morgan fingerprint density at radius 3 is 2.43 bits per heavy atom. The summed E-state index contributed by atoms with van der Waals surface area (Å²) in [6, 6.07) is 16.4. The summed E-state index contributed by atoms with van der Waals surface area (Å²) in [7, 11) is 0. The van der Waals surface area contributed by atoms with Crippen LogP contribution < -0.4 is 10.2 Å². The maximum absolute atomic E-state index is 12.8. The molecule has 1 aliphatic rings. The van der Waals surface area contributed by atoms with Crippen LogP contribution in [0, 0.1) is 0 Å². The van der Waals surface area contributed by atoms with Gasteiger partial charge in [0.1, 0.15) is 10.0 Å². The predicted molar refractivity (Wildman–Crippen MR) is 119 cm³/mol. The van der Waals surface area contributed by atoms with Crippen molar-refractivity contribution in [3.8, 4) is 10.6 Å². The lowest BCUT2D eigenvalue weighted by molar-refractivity contribution is -0.121. The van der Waals surface area contributed by atoms with Crippen molar-refractivity contribution in [1.29, 1.82) is 0 Å². The summed E-state index contributed by atoms with van der Waals surface area (Å²) in [6.07, 6.45) is 0.460. The Morgan fingerprint density at radius 2 is 1.70 bits per heavy atom. The van der Waals surface area contributed by atoms with Crippen LogP contribution in [-0.2, 0) is 9.59 Å². The standard InChI is InChI=1S/C22H15N3O3S2/c26-18-9-10-19(27)25(18)14-7-5-13(6-8-14)20(28)24-21-15(11-12-29-21)22-23-16-3-1-2-4-17(16)30-22/h1-8,11-12H,9-10H2,(H,24,28). The zero-order valence-electron chi connectivity index (χ0n) is 15.6. The zero-order valence-corrected chi connectivity index (χ0v) is 17.3. The summed E-state index contributed by atoms with van der Waals surface area (Å²) in [4.78, 5) is 42.4. The van der Waals surface area contributed by atoms with E-state index < -0.39 is 0 Å². The number of fused-ring (bicyclic) bond motifs is 1. The first-order valence-corrected chi connectivity index (χ1v) is 11.0. The van der Waals surface area contributed by atoms with Crippen LogP contribution >= 0.6 is 22.7 Å². The van der Waals surface area contributed by atoms with Gasteiger partial charge in [-0.25, -0.2) is 4.98 Å². The monoisotopic (exact) mass is 433 g/mol. The van der Waals surface area contributed by atoms with Crippen molar-refractivity contribution >= 4 is 61.3 Å². The van der Waals surface area contributed by atoms with Gasteiger partial charge < -0.3 is 5.32 Å². The number of carbonyl (C=O) groups is 3. The number of aromatic nitrogens is 1. The molecule has 3 heterocycles. The Bertz CT molecular complexity index is 1240. The third-order valence-corrected chi connectivity index (χ3v) is 6.76. The summed E-state index contributed by atoms with van der Waals surface area (Å²) in [5, 5.41) is 6.46. The van der Waals surface area contributed by atoms with Crippen LogP contribution in [0.2, 0.25) is 0 Å². The third kappa shape index (κ3) is 3.30. The van der Waals surface area contributed by atoms with Crippen LogP contribution in [0.3, 0.4) is 0 Å². The molecule has 2 aromatic heterocycles. The van der Waals surface area contributed by atoms with E-state index in [1.165, 1.54) is 16.2 Å². The van der Waals surface area contributed by atoms with Gasteiger partial charge in [0, 0.05) is 24.0 Å². The minimum Gasteiger partial charge on any atom is -0.313 e. The van der Waals surface area contributed by atoms with E-state index >= 15 is 0 Å². The normalized spacial score (nSPS) is 13.9. The van der Waals surface area contributed by atoms with Crippen LogP contribution in [0.5, 0.6) is 0 Å². The SMILES string of the molecule is O=C(Nc1sccc1-c1nc2ccccc2s1)c1ccc(N2C(=O)CCC2=O)cc1. The predicted octanol–water partition coefficient (Wildman–Crippen LogP) is 4.93. The van der Waals surface area contributed by atoms with Gasteiger partial charge in [-0.05, 0) is 47.8 Å². The number of amides is 3. The largest absolute Gasteiger partial charge is 0.313 e. The number of imide groups is 1. The van der Waals surface area contributed by atoms with Gasteiger partial charge >= 0.3 is 0 Å². The highest BCUT2D eigenvalue weighted by Crippen LogP contribution is 2.38. The van der Waals surface area contributed by atoms with E-state index in [-0.39, 0.29) is 30.6 Å². The van der Waals surface area contributed by atoms with E-state index in [9.17, 15) is 14.4 Å². The van der Waals surface area contributed by atoms with Crippen molar-refractivity contribution in [3.05, 3.63) is 65.5 Å². The number of hydrogen-bond donors (Lipinski definition) is 1.